The molecule has 17 heavy (non-hydrogen) atoms. The molecular formula is C12H21O3PS. The van der Waals surface area contributed by atoms with Crippen LogP contribution in [-0.2, 0) is 4.57 Å². The van der Waals surface area contributed by atoms with Crippen molar-refractivity contribution in [2.45, 2.75) is 44.9 Å². The van der Waals surface area contributed by atoms with Gasteiger partial charge in [-0.3, -0.25) is 4.57 Å². The van der Waals surface area contributed by atoms with E-state index in [1.807, 2.05) is 6.07 Å². The molecule has 0 bridgehead atoms. The molecule has 0 aromatic carbocycles. The summed E-state index contributed by atoms with van der Waals surface area (Å²) in [6.45, 7) is 2.17. The fourth-order valence-electron chi connectivity index (χ4n) is 1.95. The molecule has 5 heteroatoms. The molecule has 0 aliphatic heterocycles. The van der Waals surface area contributed by atoms with Gasteiger partial charge in [0.2, 0.25) is 0 Å². The van der Waals surface area contributed by atoms with Gasteiger partial charge in [0.15, 0.2) is 0 Å². The van der Waals surface area contributed by atoms with Crippen LogP contribution in [0.2, 0.25) is 0 Å². The minimum Gasteiger partial charge on any atom is -0.324 e. The molecule has 1 aromatic heterocycles. The molecule has 98 valence electrons. The van der Waals surface area contributed by atoms with Crippen molar-refractivity contribution in [3.8, 4) is 0 Å². The summed E-state index contributed by atoms with van der Waals surface area (Å²) in [5, 5.41) is 2.07. The largest absolute Gasteiger partial charge is 0.325 e. The van der Waals surface area contributed by atoms with Gasteiger partial charge in [-0.15, -0.1) is 11.3 Å². The Balaban J connectivity index is 2.44. The van der Waals surface area contributed by atoms with Crippen molar-refractivity contribution in [3.05, 3.63) is 22.4 Å². The minimum atomic E-state index is -3.82. The molecule has 1 atom stereocenters. The third-order valence-corrected chi connectivity index (χ3v) is 4.79. The van der Waals surface area contributed by atoms with Crippen LogP contribution in [0.3, 0.4) is 0 Å². The van der Waals surface area contributed by atoms with Gasteiger partial charge in [-0.2, -0.15) is 0 Å². The highest BCUT2D eigenvalue weighted by Crippen LogP contribution is 2.38. The van der Waals surface area contributed by atoms with Crippen molar-refractivity contribution in [2.75, 3.05) is 6.16 Å². The summed E-state index contributed by atoms with van der Waals surface area (Å²) in [4.78, 5) is 19.1. The van der Waals surface area contributed by atoms with Crippen molar-refractivity contribution >= 4 is 18.9 Å². The number of hydrogen-bond acceptors (Lipinski definition) is 2. The van der Waals surface area contributed by atoms with E-state index in [0.717, 1.165) is 12.8 Å². The van der Waals surface area contributed by atoms with Crippen LogP contribution < -0.4 is 0 Å². The Kier molecular flexibility index (Phi) is 6.42. The Bertz CT molecular complexity index is 345. The van der Waals surface area contributed by atoms with Crippen LogP contribution in [0.15, 0.2) is 17.5 Å². The zero-order chi connectivity index (χ0) is 12.7. The van der Waals surface area contributed by atoms with E-state index >= 15 is 0 Å². The number of unbranched alkanes of at least 4 members (excludes halogenated alkanes) is 1. The van der Waals surface area contributed by atoms with Gasteiger partial charge in [0.05, 0.1) is 0 Å². The quantitative estimate of drug-likeness (QED) is 0.706. The summed E-state index contributed by atoms with van der Waals surface area (Å²) in [6, 6.07) is 4.17. The third-order valence-electron chi connectivity index (χ3n) is 2.85. The molecule has 1 rings (SSSR count). The van der Waals surface area contributed by atoms with Gasteiger partial charge >= 0.3 is 7.60 Å². The minimum absolute atomic E-state index is 0.0149. The topological polar surface area (TPSA) is 57.5 Å². The van der Waals surface area contributed by atoms with Crippen LogP contribution in [0.25, 0.3) is 0 Å². The summed E-state index contributed by atoms with van der Waals surface area (Å²) in [5.74, 6) is 0.474. The molecule has 0 saturated heterocycles. The normalized spacial score (nSPS) is 13.8. The monoisotopic (exact) mass is 276 g/mol. The maximum atomic E-state index is 10.8. The third kappa shape index (κ3) is 6.37. The lowest BCUT2D eigenvalue weighted by molar-refractivity contribution is 0.369. The van der Waals surface area contributed by atoms with Crippen molar-refractivity contribution in [1.82, 2.24) is 0 Å². The highest BCUT2D eigenvalue weighted by molar-refractivity contribution is 7.51. The molecule has 3 nitrogen and oxygen atoms in total. The van der Waals surface area contributed by atoms with Gasteiger partial charge < -0.3 is 9.79 Å². The molecule has 2 N–H and O–H groups in total. The van der Waals surface area contributed by atoms with E-state index in [2.05, 4.69) is 18.4 Å². The van der Waals surface area contributed by atoms with Gasteiger partial charge in [0.1, 0.15) is 0 Å². The van der Waals surface area contributed by atoms with E-state index < -0.39 is 7.60 Å². The molecular weight excluding hydrogens is 255 g/mol. The summed E-state index contributed by atoms with van der Waals surface area (Å²) >= 11 is 1.75. The van der Waals surface area contributed by atoms with Gasteiger partial charge in [-0.1, -0.05) is 25.8 Å². The first-order valence-electron chi connectivity index (χ1n) is 6.11. The van der Waals surface area contributed by atoms with Gasteiger partial charge in [0.25, 0.3) is 0 Å². The first-order chi connectivity index (χ1) is 8.03. The summed E-state index contributed by atoms with van der Waals surface area (Å²) in [7, 11) is -3.82. The first-order valence-corrected chi connectivity index (χ1v) is 8.78. The summed E-state index contributed by atoms with van der Waals surface area (Å²) in [5.41, 5.74) is 0. The Labute approximate surface area is 107 Å². The standard InChI is InChI=1S/C12H21O3PS/c1-2-3-6-11(12-8-5-10-17-12)7-4-9-16(13,14)15/h5,8,10-11H,2-4,6-7,9H2,1H3,(H2,13,14,15). The van der Waals surface area contributed by atoms with Crippen molar-refractivity contribution in [3.63, 3.8) is 0 Å². The SMILES string of the molecule is CCCCC(CCCP(=O)(O)O)c1cccs1. The van der Waals surface area contributed by atoms with Gasteiger partial charge in [-0.05, 0) is 36.6 Å². The zero-order valence-electron chi connectivity index (χ0n) is 10.2. The maximum Gasteiger partial charge on any atom is 0.325 e. The summed E-state index contributed by atoms with van der Waals surface area (Å²) in [6.07, 6.45) is 4.97. The molecule has 1 aromatic rings. The van der Waals surface area contributed by atoms with E-state index in [1.165, 1.54) is 17.7 Å². The lowest BCUT2D eigenvalue weighted by atomic mass is 9.95. The van der Waals surface area contributed by atoms with Crippen LogP contribution in [0, 0.1) is 0 Å². The Hall–Kier alpha value is -0.150. The van der Waals surface area contributed by atoms with Crippen LogP contribution in [0.4, 0.5) is 0 Å². The lowest BCUT2D eigenvalue weighted by Gasteiger charge is -2.15. The molecule has 0 aliphatic rings. The number of thiophene rings is 1. The van der Waals surface area contributed by atoms with Crippen molar-refractivity contribution in [1.29, 1.82) is 0 Å². The van der Waals surface area contributed by atoms with E-state index in [1.54, 1.807) is 11.3 Å². The lowest BCUT2D eigenvalue weighted by Crippen LogP contribution is -1.99. The molecule has 0 aliphatic carbocycles. The molecule has 0 amide bonds. The average molecular weight is 276 g/mol. The van der Waals surface area contributed by atoms with E-state index in [0.29, 0.717) is 12.3 Å². The molecule has 0 saturated carbocycles. The predicted octanol–water partition coefficient (Wildman–Crippen LogP) is 3.98. The smallest absolute Gasteiger partial charge is 0.324 e. The zero-order valence-corrected chi connectivity index (χ0v) is 11.9. The fourth-order valence-corrected chi connectivity index (χ4v) is 3.44. The summed E-state index contributed by atoms with van der Waals surface area (Å²) < 4.78 is 10.8. The second-order valence-electron chi connectivity index (χ2n) is 4.39. The number of rotatable bonds is 8. The van der Waals surface area contributed by atoms with E-state index in [4.69, 9.17) is 9.79 Å². The Morgan fingerprint density at radius 2 is 2.06 bits per heavy atom. The molecule has 0 radical (unpaired) electrons. The van der Waals surface area contributed by atoms with Crippen molar-refractivity contribution in [2.24, 2.45) is 0 Å². The highest BCUT2D eigenvalue weighted by Gasteiger charge is 2.16. The van der Waals surface area contributed by atoms with E-state index in [9.17, 15) is 4.57 Å². The molecule has 0 fully saturated rings. The van der Waals surface area contributed by atoms with Gasteiger partial charge in [-0.25, -0.2) is 0 Å². The van der Waals surface area contributed by atoms with Crippen LogP contribution >= 0.6 is 18.9 Å². The number of hydrogen-bond donors (Lipinski definition) is 2. The van der Waals surface area contributed by atoms with E-state index in [-0.39, 0.29) is 6.16 Å². The van der Waals surface area contributed by atoms with Crippen LogP contribution in [0.5, 0.6) is 0 Å². The van der Waals surface area contributed by atoms with Crippen molar-refractivity contribution < 1.29 is 14.4 Å². The molecule has 1 unspecified atom stereocenters. The Morgan fingerprint density at radius 3 is 2.59 bits per heavy atom. The van der Waals surface area contributed by atoms with Gasteiger partial charge in [0, 0.05) is 11.0 Å². The Morgan fingerprint density at radius 1 is 1.35 bits per heavy atom. The fraction of sp³-hybridized carbons (Fsp3) is 0.667. The second-order valence-corrected chi connectivity index (χ2v) is 7.14. The molecule has 0 spiro atoms. The predicted molar refractivity (Wildman–Crippen MR) is 72.7 cm³/mol. The maximum absolute atomic E-state index is 10.8. The highest BCUT2D eigenvalue weighted by atomic mass is 32.1. The van der Waals surface area contributed by atoms with Crippen LogP contribution in [0.1, 0.15) is 49.8 Å². The average Bonchev–Trinajstić information content (AvgIpc) is 2.74. The molecule has 1 heterocycles. The first kappa shape index (κ1) is 14.9. The van der Waals surface area contributed by atoms with Crippen LogP contribution in [-0.4, -0.2) is 15.9 Å². The second kappa shape index (κ2) is 7.32.